The summed E-state index contributed by atoms with van der Waals surface area (Å²) in [7, 11) is 1.81. The molecule has 2 rings (SSSR count). The van der Waals surface area contributed by atoms with Gasteiger partial charge in [0.05, 0.1) is 0 Å². The van der Waals surface area contributed by atoms with Crippen LogP contribution in [0.4, 0.5) is 16.3 Å². The van der Waals surface area contributed by atoms with Crippen molar-refractivity contribution in [1.29, 1.82) is 0 Å². The maximum atomic E-state index is 12.5. The van der Waals surface area contributed by atoms with Crippen LogP contribution in [0.2, 0.25) is 0 Å². The number of hydrogen-bond acceptors (Lipinski definition) is 6. The summed E-state index contributed by atoms with van der Waals surface area (Å²) < 4.78 is 3.14. The van der Waals surface area contributed by atoms with E-state index < -0.39 is 0 Å². The van der Waals surface area contributed by atoms with Gasteiger partial charge in [0.1, 0.15) is 10.8 Å². The van der Waals surface area contributed by atoms with Crippen LogP contribution in [0.25, 0.3) is 0 Å². The van der Waals surface area contributed by atoms with Gasteiger partial charge in [0.2, 0.25) is 0 Å². The molecule has 1 aromatic heterocycles. The van der Waals surface area contributed by atoms with Gasteiger partial charge >= 0.3 is 6.03 Å². The summed E-state index contributed by atoms with van der Waals surface area (Å²) >= 11 is 9.76. The lowest BCUT2D eigenvalue weighted by atomic mass is 10.3. The van der Waals surface area contributed by atoms with E-state index in [0.717, 1.165) is 45.3 Å². The van der Waals surface area contributed by atoms with E-state index in [1.165, 1.54) is 23.7 Å². The molecule has 2 aromatic rings. The molecule has 1 aromatic carbocycles. The molecule has 0 atom stereocenters. The highest BCUT2D eigenvalue weighted by Crippen LogP contribution is 2.33. The topological polar surface area (TPSA) is 70.2 Å². The molecule has 6 nitrogen and oxygen atoms in total. The van der Waals surface area contributed by atoms with Crippen molar-refractivity contribution >= 4 is 73.1 Å². The number of nitrogens with zero attached hydrogens (tertiary/aromatic N) is 3. The van der Waals surface area contributed by atoms with Gasteiger partial charge in [0, 0.05) is 41.0 Å². The Kier molecular flexibility index (Phi) is 9.20. The van der Waals surface area contributed by atoms with Crippen LogP contribution in [0.5, 0.6) is 0 Å². The average Bonchev–Trinajstić information content (AvgIpc) is 2.61. The third kappa shape index (κ3) is 7.17. The van der Waals surface area contributed by atoms with Crippen LogP contribution < -0.4 is 10.6 Å². The van der Waals surface area contributed by atoms with Crippen LogP contribution in [0.3, 0.4) is 0 Å². The van der Waals surface area contributed by atoms with Crippen molar-refractivity contribution in [1.82, 2.24) is 14.3 Å². The number of urea groups is 1. The highest BCUT2D eigenvalue weighted by atomic mass is 79.9. The van der Waals surface area contributed by atoms with E-state index in [1.54, 1.807) is 4.31 Å². The number of rotatable bonds is 8. The molecular weight excluding hydrogens is 514 g/mol. The Balaban J connectivity index is 2.16. The molecule has 1 heterocycles. The summed E-state index contributed by atoms with van der Waals surface area (Å²) in [6.45, 7) is 2.83. The zero-order valence-electron chi connectivity index (χ0n) is 15.3. The van der Waals surface area contributed by atoms with Gasteiger partial charge in [-0.05, 0) is 52.5 Å². The smallest absolute Gasteiger partial charge is 0.331 e. The zero-order valence-corrected chi connectivity index (χ0v) is 20.1. The Bertz CT molecular complexity index is 794. The molecular formula is C17H21Br2N5OS2. The fraction of sp³-hybridized carbons (Fsp3) is 0.353. The zero-order chi connectivity index (χ0) is 19.8. The first-order valence-corrected chi connectivity index (χ1v) is 11.9. The number of carbonyl (C=O) groups is 1. The van der Waals surface area contributed by atoms with Gasteiger partial charge in [0.15, 0.2) is 4.73 Å². The van der Waals surface area contributed by atoms with Crippen molar-refractivity contribution in [2.75, 3.05) is 30.5 Å². The van der Waals surface area contributed by atoms with Crippen molar-refractivity contribution < 1.29 is 4.79 Å². The van der Waals surface area contributed by atoms with Crippen molar-refractivity contribution in [3.63, 3.8) is 0 Å². The SMILES string of the molecule is CCCCN(SC)C(=O)Nc1cc(Br)cc(Sc2cc(NC)nc(Br)n2)c1. The molecule has 0 unspecified atom stereocenters. The molecule has 0 saturated heterocycles. The maximum Gasteiger partial charge on any atom is 0.331 e. The van der Waals surface area contributed by atoms with Crippen molar-refractivity contribution in [2.24, 2.45) is 0 Å². The molecule has 0 aliphatic carbocycles. The molecule has 0 aliphatic rings. The Morgan fingerprint density at radius 3 is 2.67 bits per heavy atom. The fourth-order valence-electron chi connectivity index (χ4n) is 2.16. The van der Waals surface area contributed by atoms with Crippen LogP contribution in [-0.2, 0) is 0 Å². The Hall–Kier alpha value is -0.970. The van der Waals surface area contributed by atoms with Crippen LogP contribution in [-0.4, -0.2) is 40.2 Å². The van der Waals surface area contributed by atoms with E-state index in [-0.39, 0.29) is 6.03 Å². The minimum absolute atomic E-state index is 0.118. The third-order valence-electron chi connectivity index (χ3n) is 3.44. The quantitative estimate of drug-likeness (QED) is 0.242. The van der Waals surface area contributed by atoms with Gasteiger partial charge in [-0.25, -0.2) is 14.8 Å². The number of unbranched alkanes of at least 4 members (excludes halogenated alkanes) is 1. The van der Waals surface area contributed by atoms with Gasteiger partial charge in [-0.3, -0.25) is 4.31 Å². The molecule has 0 spiro atoms. The van der Waals surface area contributed by atoms with Crippen LogP contribution >= 0.6 is 55.6 Å². The number of aromatic nitrogens is 2. The summed E-state index contributed by atoms with van der Waals surface area (Å²) in [4.78, 5) is 22.1. The van der Waals surface area contributed by atoms with Crippen LogP contribution in [0.1, 0.15) is 19.8 Å². The third-order valence-corrected chi connectivity index (χ3v) is 5.93. The molecule has 2 amide bonds. The average molecular weight is 535 g/mol. The van der Waals surface area contributed by atoms with E-state index in [4.69, 9.17) is 0 Å². The first kappa shape index (κ1) is 22.3. The summed E-state index contributed by atoms with van der Waals surface area (Å²) in [5.41, 5.74) is 0.731. The van der Waals surface area contributed by atoms with Crippen molar-refractivity contribution in [3.05, 3.63) is 33.5 Å². The van der Waals surface area contributed by atoms with E-state index in [0.29, 0.717) is 4.73 Å². The largest absolute Gasteiger partial charge is 0.373 e. The molecule has 0 radical (unpaired) electrons. The van der Waals surface area contributed by atoms with Crippen LogP contribution in [0, 0.1) is 0 Å². The number of nitrogens with one attached hydrogen (secondary N) is 2. The number of hydrogen-bond donors (Lipinski definition) is 2. The molecule has 0 fully saturated rings. The molecule has 146 valence electrons. The predicted octanol–water partition coefficient (Wildman–Crippen LogP) is 6.11. The summed E-state index contributed by atoms with van der Waals surface area (Å²) in [5.74, 6) is 0.731. The van der Waals surface area contributed by atoms with Crippen LogP contribution in [0.15, 0.2) is 43.4 Å². The first-order valence-electron chi connectivity index (χ1n) is 8.28. The Morgan fingerprint density at radius 2 is 2.00 bits per heavy atom. The Labute approximate surface area is 185 Å². The number of carbonyl (C=O) groups excluding carboxylic acids is 1. The normalized spacial score (nSPS) is 10.6. The van der Waals surface area contributed by atoms with Gasteiger partial charge in [-0.15, -0.1) is 0 Å². The van der Waals surface area contributed by atoms with E-state index in [9.17, 15) is 4.79 Å². The molecule has 0 saturated carbocycles. The highest BCUT2D eigenvalue weighted by Gasteiger charge is 2.13. The molecule has 0 bridgehead atoms. The standard InChI is InChI=1S/C17H21Br2N5OS2/c1-4-5-6-24(26-3)17(25)21-12-7-11(18)8-13(9-12)27-15-10-14(20-2)22-16(19)23-15/h7-10H,4-6H2,1-3H3,(H,21,25)(H,20,22,23). The van der Waals surface area contributed by atoms with Crippen molar-refractivity contribution in [3.8, 4) is 0 Å². The summed E-state index contributed by atoms with van der Waals surface area (Å²) in [5, 5.41) is 6.78. The Morgan fingerprint density at radius 1 is 1.22 bits per heavy atom. The maximum absolute atomic E-state index is 12.5. The van der Waals surface area contributed by atoms with Gasteiger partial charge in [-0.2, -0.15) is 0 Å². The fourth-order valence-corrected chi connectivity index (χ4v) is 4.74. The summed E-state index contributed by atoms with van der Waals surface area (Å²) in [6.07, 6.45) is 3.93. The second-order valence-electron chi connectivity index (χ2n) is 5.46. The summed E-state index contributed by atoms with van der Waals surface area (Å²) in [6, 6.07) is 7.55. The highest BCUT2D eigenvalue weighted by molar-refractivity contribution is 9.10. The molecule has 27 heavy (non-hydrogen) atoms. The van der Waals surface area contributed by atoms with Gasteiger partial charge in [-0.1, -0.05) is 41.0 Å². The molecule has 2 N–H and O–H groups in total. The number of halogens is 2. The second kappa shape index (κ2) is 11.1. The lowest BCUT2D eigenvalue weighted by Crippen LogP contribution is -2.29. The second-order valence-corrected chi connectivity index (χ2v) is 8.98. The number of anilines is 2. The lowest BCUT2D eigenvalue weighted by Gasteiger charge is -2.20. The minimum atomic E-state index is -0.118. The van der Waals surface area contributed by atoms with E-state index in [2.05, 4.69) is 59.4 Å². The van der Waals surface area contributed by atoms with E-state index in [1.807, 2.05) is 37.6 Å². The first-order chi connectivity index (χ1) is 12.9. The monoisotopic (exact) mass is 533 g/mol. The molecule has 0 aliphatic heterocycles. The number of amides is 2. The minimum Gasteiger partial charge on any atom is -0.373 e. The van der Waals surface area contributed by atoms with Crippen molar-refractivity contribution in [2.45, 2.75) is 29.7 Å². The van der Waals surface area contributed by atoms with Gasteiger partial charge in [0.25, 0.3) is 0 Å². The predicted molar refractivity (Wildman–Crippen MR) is 122 cm³/mol. The number of benzene rings is 1. The molecule has 10 heteroatoms. The van der Waals surface area contributed by atoms with E-state index >= 15 is 0 Å². The van der Waals surface area contributed by atoms with Gasteiger partial charge < -0.3 is 10.6 Å². The lowest BCUT2D eigenvalue weighted by molar-refractivity contribution is 0.238.